The summed E-state index contributed by atoms with van der Waals surface area (Å²) in [6.45, 7) is 1.48. The Bertz CT molecular complexity index is 1220. The number of hydrogen-bond donors (Lipinski definition) is 3. The minimum Gasteiger partial charge on any atom is -0.383 e. The Morgan fingerprint density at radius 3 is 2.59 bits per heavy atom. The average Bonchev–Trinajstić information content (AvgIpc) is 3.32. The highest BCUT2D eigenvalue weighted by atomic mass is 16.1. The normalized spacial score (nSPS) is 13.6. The van der Waals surface area contributed by atoms with Crippen molar-refractivity contribution >= 4 is 28.4 Å². The fraction of sp³-hybridized carbons (Fsp3) is 0.182. The van der Waals surface area contributed by atoms with Crippen molar-refractivity contribution in [1.82, 2.24) is 20.2 Å². The third kappa shape index (κ3) is 3.10. The van der Waals surface area contributed by atoms with E-state index in [-0.39, 0.29) is 11.8 Å². The topological polar surface area (TPSA) is 110 Å². The van der Waals surface area contributed by atoms with E-state index in [0.717, 1.165) is 24.2 Å². The number of hydrogen-bond acceptors (Lipinski definition) is 5. The summed E-state index contributed by atoms with van der Waals surface area (Å²) < 4.78 is 0. The number of amides is 1. The van der Waals surface area contributed by atoms with E-state index >= 15 is 0 Å². The van der Waals surface area contributed by atoms with E-state index in [4.69, 9.17) is 10.7 Å². The Labute approximate surface area is 167 Å². The summed E-state index contributed by atoms with van der Waals surface area (Å²) in [6.07, 6.45) is 1.84. The smallest absolute Gasteiger partial charge is 0.221 e. The molecule has 2 aromatic heterocycles. The van der Waals surface area contributed by atoms with Gasteiger partial charge in [0.2, 0.25) is 5.91 Å². The van der Waals surface area contributed by atoms with Crippen LogP contribution in [0, 0.1) is 0 Å². The zero-order valence-electron chi connectivity index (χ0n) is 15.9. The van der Waals surface area contributed by atoms with Gasteiger partial charge in [0.05, 0.1) is 5.39 Å². The van der Waals surface area contributed by atoms with E-state index in [2.05, 4.69) is 44.8 Å². The van der Waals surface area contributed by atoms with Crippen molar-refractivity contribution < 1.29 is 4.79 Å². The van der Waals surface area contributed by atoms with Gasteiger partial charge in [0.1, 0.15) is 17.3 Å². The first kappa shape index (κ1) is 17.4. The number of nitrogen functional groups attached to an aromatic ring is 1. The fourth-order valence-corrected chi connectivity index (χ4v) is 4.06. The quantitative estimate of drug-likeness (QED) is 0.501. The fourth-order valence-electron chi connectivity index (χ4n) is 4.06. The molecule has 0 unspecified atom stereocenters. The first-order valence-corrected chi connectivity index (χ1v) is 9.55. The second-order valence-electron chi connectivity index (χ2n) is 7.40. The van der Waals surface area contributed by atoms with Crippen molar-refractivity contribution in [2.45, 2.75) is 25.7 Å². The van der Waals surface area contributed by atoms with Crippen LogP contribution in [0.3, 0.4) is 0 Å². The summed E-state index contributed by atoms with van der Waals surface area (Å²) in [6, 6.07) is 15.9. The number of benzene rings is 2. The van der Waals surface area contributed by atoms with Crippen LogP contribution in [0.15, 0.2) is 48.5 Å². The molecule has 4 N–H and O–H groups in total. The number of carbonyl (C=O) groups excluding carboxylic acids is 1. The van der Waals surface area contributed by atoms with Gasteiger partial charge in [-0.25, -0.2) is 9.97 Å². The molecule has 0 fully saturated rings. The molecule has 7 nitrogen and oxygen atoms in total. The molecule has 0 radical (unpaired) electrons. The molecule has 0 atom stereocenters. The van der Waals surface area contributed by atoms with Gasteiger partial charge < -0.3 is 11.1 Å². The predicted octanol–water partition coefficient (Wildman–Crippen LogP) is 3.44. The van der Waals surface area contributed by atoms with Crippen molar-refractivity contribution in [3.63, 3.8) is 0 Å². The summed E-state index contributed by atoms with van der Waals surface area (Å²) in [5.41, 5.74) is 11.9. The molecule has 29 heavy (non-hydrogen) atoms. The summed E-state index contributed by atoms with van der Waals surface area (Å²) in [7, 11) is 0. The Hall–Kier alpha value is -3.74. The highest BCUT2D eigenvalue weighted by Gasteiger charge is 2.26. The lowest BCUT2D eigenvalue weighted by Gasteiger charge is -2.09. The number of anilines is 2. The van der Waals surface area contributed by atoms with Gasteiger partial charge in [0, 0.05) is 24.1 Å². The molecule has 5 rings (SSSR count). The minimum atomic E-state index is -0.126. The maximum atomic E-state index is 11.3. The Morgan fingerprint density at radius 1 is 1.10 bits per heavy atom. The van der Waals surface area contributed by atoms with Crippen LogP contribution in [0.1, 0.15) is 29.8 Å². The number of aromatic nitrogens is 4. The van der Waals surface area contributed by atoms with E-state index in [1.54, 1.807) is 0 Å². The van der Waals surface area contributed by atoms with Crippen LogP contribution < -0.4 is 11.1 Å². The molecule has 1 aliphatic rings. The first-order valence-electron chi connectivity index (χ1n) is 9.55. The zero-order valence-corrected chi connectivity index (χ0v) is 15.9. The van der Waals surface area contributed by atoms with E-state index < -0.39 is 0 Å². The van der Waals surface area contributed by atoms with E-state index in [1.165, 1.54) is 18.1 Å². The third-order valence-electron chi connectivity index (χ3n) is 5.34. The second-order valence-corrected chi connectivity index (χ2v) is 7.40. The van der Waals surface area contributed by atoms with Crippen molar-refractivity contribution in [3.8, 4) is 11.3 Å². The molecule has 1 amide bonds. The zero-order chi connectivity index (χ0) is 20.0. The van der Waals surface area contributed by atoms with Gasteiger partial charge in [-0.15, -0.1) is 0 Å². The number of fused-ring (bicyclic) bond motifs is 2. The number of nitrogens with zero attached hydrogens (tertiary/aromatic N) is 3. The van der Waals surface area contributed by atoms with Gasteiger partial charge in [-0.05, 0) is 36.1 Å². The lowest BCUT2D eigenvalue weighted by atomic mass is 10.0. The molecular weight excluding hydrogens is 364 g/mol. The lowest BCUT2D eigenvalue weighted by Crippen LogP contribution is -2.07. The molecule has 2 aromatic carbocycles. The number of aromatic amines is 1. The maximum absolute atomic E-state index is 11.3. The predicted molar refractivity (Wildman–Crippen MR) is 112 cm³/mol. The van der Waals surface area contributed by atoms with Crippen LogP contribution in [-0.2, 0) is 17.6 Å². The van der Waals surface area contributed by atoms with Gasteiger partial charge in [0.25, 0.3) is 0 Å². The van der Waals surface area contributed by atoms with Crippen LogP contribution in [0.5, 0.6) is 0 Å². The molecule has 1 aliphatic carbocycles. The highest BCUT2D eigenvalue weighted by Crippen LogP contribution is 2.35. The Morgan fingerprint density at radius 2 is 1.86 bits per heavy atom. The lowest BCUT2D eigenvalue weighted by molar-refractivity contribution is -0.114. The van der Waals surface area contributed by atoms with Crippen LogP contribution in [0.4, 0.5) is 11.5 Å². The largest absolute Gasteiger partial charge is 0.383 e. The van der Waals surface area contributed by atoms with Gasteiger partial charge in [-0.1, -0.05) is 36.4 Å². The van der Waals surface area contributed by atoms with Crippen LogP contribution in [0.25, 0.3) is 22.3 Å². The molecule has 0 saturated carbocycles. The third-order valence-corrected chi connectivity index (χ3v) is 5.34. The second kappa shape index (κ2) is 6.70. The summed E-state index contributed by atoms with van der Waals surface area (Å²) in [4.78, 5) is 20.7. The molecule has 0 spiro atoms. The molecule has 0 bridgehead atoms. The van der Waals surface area contributed by atoms with E-state index in [0.29, 0.717) is 28.2 Å². The molecule has 144 valence electrons. The Kier molecular flexibility index (Phi) is 4.01. The van der Waals surface area contributed by atoms with Crippen LogP contribution in [-0.4, -0.2) is 26.1 Å². The number of nitrogens with one attached hydrogen (secondary N) is 2. The summed E-state index contributed by atoms with van der Waals surface area (Å²) in [5, 5.41) is 10.9. The number of nitrogens with two attached hydrogens (primary N) is 1. The summed E-state index contributed by atoms with van der Waals surface area (Å²) >= 11 is 0. The molecule has 2 heterocycles. The molecule has 7 heteroatoms. The van der Waals surface area contributed by atoms with Crippen molar-refractivity contribution in [2.75, 3.05) is 11.1 Å². The highest BCUT2D eigenvalue weighted by molar-refractivity contribution is 5.99. The van der Waals surface area contributed by atoms with Crippen LogP contribution in [0.2, 0.25) is 0 Å². The van der Waals surface area contributed by atoms with Gasteiger partial charge >= 0.3 is 0 Å². The molecule has 0 saturated heterocycles. The van der Waals surface area contributed by atoms with Crippen LogP contribution >= 0.6 is 0 Å². The first-order chi connectivity index (χ1) is 14.1. The van der Waals surface area contributed by atoms with E-state index in [1.807, 2.05) is 24.3 Å². The Balaban J connectivity index is 1.52. The SMILES string of the molecule is CC(=O)Nc1cccc(-c2n[nH]c3nc(C4Cc5ccccc5C4)nc(N)c23)c1. The van der Waals surface area contributed by atoms with E-state index in [9.17, 15) is 4.79 Å². The van der Waals surface area contributed by atoms with Gasteiger partial charge in [0.15, 0.2) is 5.65 Å². The van der Waals surface area contributed by atoms with Crippen molar-refractivity contribution in [3.05, 3.63) is 65.5 Å². The number of H-pyrrole nitrogens is 1. The molecular formula is C22H20N6O. The monoisotopic (exact) mass is 384 g/mol. The maximum Gasteiger partial charge on any atom is 0.221 e. The minimum absolute atomic E-state index is 0.126. The number of carbonyl (C=O) groups is 1. The molecule has 4 aromatic rings. The molecule has 0 aliphatic heterocycles. The standard InChI is InChI=1S/C22H20N6O/c1-12(29)24-17-8-4-7-15(11-17)19-18-20(23)25-21(26-22(18)28-27-19)16-9-13-5-2-3-6-14(13)10-16/h2-8,11,16H,9-10H2,1H3,(H,24,29)(H3,23,25,26,27,28). The summed E-state index contributed by atoms with van der Waals surface area (Å²) in [5.74, 6) is 1.25. The number of rotatable bonds is 3. The van der Waals surface area contributed by atoms with Crippen molar-refractivity contribution in [2.24, 2.45) is 0 Å². The van der Waals surface area contributed by atoms with Crippen molar-refractivity contribution in [1.29, 1.82) is 0 Å². The van der Waals surface area contributed by atoms with Gasteiger partial charge in [-0.3, -0.25) is 9.89 Å². The average molecular weight is 384 g/mol. The van der Waals surface area contributed by atoms with Gasteiger partial charge in [-0.2, -0.15) is 5.10 Å².